The van der Waals surface area contributed by atoms with Gasteiger partial charge in [0.05, 0.1) is 12.1 Å². The highest BCUT2D eigenvalue weighted by Gasteiger charge is 2.26. The van der Waals surface area contributed by atoms with Crippen molar-refractivity contribution in [2.45, 2.75) is 38.5 Å². The van der Waals surface area contributed by atoms with Crippen LogP contribution < -0.4 is 5.32 Å². The number of thioether (sulfide) groups is 1. The Morgan fingerprint density at radius 1 is 1.32 bits per heavy atom. The van der Waals surface area contributed by atoms with Gasteiger partial charge in [-0.05, 0) is 29.7 Å². The van der Waals surface area contributed by atoms with Crippen LogP contribution in [0.1, 0.15) is 41.3 Å². The monoisotopic (exact) mass is 413 g/mol. The molecule has 2 heterocycles. The summed E-state index contributed by atoms with van der Waals surface area (Å²) in [5.41, 5.74) is 2.84. The maximum atomic E-state index is 12.3. The molecule has 1 aromatic heterocycles. The molecule has 1 aliphatic rings. The summed E-state index contributed by atoms with van der Waals surface area (Å²) in [6.45, 7) is 2.71. The number of nitrogens with one attached hydrogen (secondary N) is 1. The highest BCUT2D eigenvalue weighted by Crippen LogP contribution is 2.36. The summed E-state index contributed by atoms with van der Waals surface area (Å²) in [6, 6.07) is 12.5. The minimum absolute atomic E-state index is 0.0381. The van der Waals surface area contributed by atoms with E-state index in [4.69, 9.17) is 0 Å². The van der Waals surface area contributed by atoms with Gasteiger partial charge in [0.1, 0.15) is 11.1 Å². The highest BCUT2D eigenvalue weighted by atomic mass is 32.2. The van der Waals surface area contributed by atoms with Crippen molar-refractivity contribution in [2.24, 2.45) is 0 Å². The van der Waals surface area contributed by atoms with E-state index in [1.54, 1.807) is 11.8 Å². The smallest absolute Gasteiger partial charge is 0.225 e. The normalized spacial score (nSPS) is 12.9. The molecule has 0 unspecified atom stereocenters. The van der Waals surface area contributed by atoms with Gasteiger partial charge in [0.15, 0.2) is 0 Å². The SMILES string of the molecule is CC(=O)N1CCc2c(sc(NC(=O)CCCSCc3ccccc3)c2C#N)C1. The van der Waals surface area contributed by atoms with Crippen LogP contribution in [0, 0.1) is 11.3 Å². The van der Waals surface area contributed by atoms with E-state index in [9.17, 15) is 14.9 Å². The van der Waals surface area contributed by atoms with Gasteiger partial charge in [-0.3, -0.25) is 9.59 Å². The molecule has 0 spiro atoms. The fraction of sp³-hybridized carbons (Fsp3) is 0.381. The number of anilines is 1. The topological polar surface area (TPSA) is 73.2 Å². The van der Waals surface area contributed by atoms with Crippen molar-refractivity contribution in [2.75, 3.05) is 17.6 Å². The zero-order chi connectivity index (χ0) is 19.9. The molecule has 1 N–H and O–H groups in total. The Morgan fingerprint density at radius 3 is 2.82 bits per heavy atom. The summed E-state index contributed by atoms with van der Waals surface area (Å²) < 4.78 is 0. The zero-order valence-electron chi connectivity index (χ0n) is 15.9. The van der Waals surface area contributed by atoms with E-state index in [1.165, 1.54) is 16.9 Å². The maximum Gasteiger partial charge on any atom is 0.225 e. The average molecular weight is 414 g/mol. The van der Waals surface area contributed by atoms with E-state index in [2.05, 4.69) is 23.5 Å². The number of carbonyl (C=O) groups is 2. The lowest BCUT2D eigenvalue weighted by molar-refractivity contribution is -0.129. The van der Waals surface area contributed by atoms with Crippen molar-refractivity contribution in [3.63, 3.8) is 0 Å². The molecule has 0 aliphatic carbocycles. The average Bonchev–Trinajstić information content (AvgIpc) is 3.04. The molecule has 0 radical (unpaired) electrons. The lowest BCUT2D eigenvalue weighted by Gasteiger charge is -2.25. The van der Waals surface area contributed by atoms with Gasteiger partial charge in [0, 0.05) is 30.5 Å². The van der Waals surface area contributed by atoms with Crippen molar-refractivity contribution in [1.29, 1.82) is 5.26 Å². The predicted octanol–water partition coefficient (Wildman–Crippen LogP) is 4.18. The van der Waals surface area contributed by atoms with Gasteiger partial charge in [-0.25, -0.2) is 0 Å². The van der Waals surface area contributed by atoms with Gasteiger partial charge in [-0.1, -0.05) is 30.3 Å². The third-order valence-corrected chi connectivity index (χ3v) is 6.92. The molecule has 2 amide bonds. The second kappa shape index (κ2) is 9.76. The molecule has 146 valence electrons. The Balaban J connectivity index is 1.49. The molecular weight excluding hydrogens is 390 g/mol. The Bertz CT molecular complexity index is 887. The number of amides is 2. The third-order valence-electron chi connectivity index (χ3n) is 4.67. The molecule has 7 heteroatoms. The van der Waals surface area contributed by atoms with Crippen molar-refractivity contribution < 1.29 is 9.59 Å². The van der Waals surface area contributed by atoms with Gasteiger partial charge in [-0.2, -0.15) is 17.0 Å². The van der Waals surface area contributed by atoms with Crippen molar-refractivity contribution >= 4 is 39.9 Å². The number of nitrogens with zero attached hydrogens (tertiary/aromatic N) is 2. The minimum atomic E-state index is -0.0566. The maximum absolute atomic E-state index is 12.3. The first-order valence-electron chi connectivity index (χ1n) is 9.30. The van der Waals surface area contributed by atoms with E-state index in [1.807, 2.05) is 30.0 Å². The van der Waals surface area contributed by atoms with E-state index >= 15 is 0 Å². The second-order valence-corrected chi connectivity index (χ2v) is 8.91. The van der Waals surface area contributed by atoms with Gasteiger partial charge >= 0.3 is 0 Å². The fourth-order valence-electron chi connectivity index (χ4n) is 3.17. The van der Waals surface area contributed by atoms with Crippen LogP contribution in [0.2, 0.25) is 0 Å². The first kappa shape index (κ1) is 20.4. The highest BCUT2D eigenvalue weighted by molar-refractivity contribution is 7.98. The number of benzene rings is 1. The molecule has 1 aliphatic heterocycles. The molecule has 28 heavy (non-hydrogen) atoms. The Morgan fingerprint density at radius 2 is 2.11 bits per heavy atom. The van der Waals surface area contributed by atoms with Gasteiger partial charge in [0.25, 0.3) is 0 Å². The lowest BCUT2D eigenvalue weighted by Crippen LogP contribution is -2.33. The quantitative estimate of drug-likeness (QED) is 0.691. The Kier molecular flexibility index (Phi) is 7.12. The number of hydrogen-bond donors (Lipinski definition) is 1. The summed E-state index contributed by atoms with van der Waals surface area (Å²) in [6.07, 6.45) is 1.91. The minimum Gasteiger partial charge on any atom is -0.337 e. The first-order chi connectivity index (χ1) is 13.6. The van der Waals surface area contributed by atoms with Crippen molar-refractivity contribution in [3.8, 4) is 6.07 Å². The van der Waals surface area contributed by atoms with Gasteiger partial charge < -0.3 is 10.2 Å². The number of thiophene rings is 1. The molecule has 0 bridgehead atoms. The van der Waals surface area contributed by atoms with Crippen molar-refractivity contribution in [1.82, 2.24) is 4.90 Å². The van der Waals surface area contributed by atoms with E-state index in [-0.39, 0.29) is 11.8 Å². The van der Waals surface area contributed by atoms with E-state index in [0.717, 1.165) is 28.4 Å². The molecule has 0 atom stereocenters. The van der Waals surface area contributed by atoms with Crippen LogP contribution in [0.25, 0.3) is 0 Å². The standard InChI is InChI=1S/C21H23N3O2S2/c1-15(25)24-10-9-17-18(12-22)21(28-19(17)13-24)23-20(26)8-5-11-27-14-16-6-3-2-4-7-16/h2-4,6-7H,5,8-11,13-14H2,1H3,(H,23,26). The predicted molar refractivity (Wildman–Crippen MR) is 114 cm³/mol. The summed E-state index contributed by atoms with van der Waals surface area (Å²) in [5.74, 6) is 1.85. The molecule has 3 rings (SSSR count). The van der Waals surface area contributed by atoms with Crippen LogP contribution in [0.5, 0.6) is 0 Å². The molecule has 5 nitrogen and oxygen atoms in total. The summed E-state index contributed by atoms with van der Waals surface area (Å²) in [7, 11) is 0. The molecule has 2 aromatic rings. The largest absolute Gasteiger partial charge is 0.337 e. The Labute approximate surface area is 173 Å². The van der Waals surface area contributed by atoms with Gasteiger partial charge in [0.2, 0.25) is 11.8 Å². The van der Waals surface area contributed by atoms with Crippen LogP contribution in [-0.2, 0) is 28.3 Å². The third kappa shape index (κ3) is 5.15. The van der Waals surface area contributed by atoms with Gasteiger partial charge in [-0.15, -0.1) is 11.3 Å². The number of nitriles is 1. The molecule has 0 saturated carbocycles. The first-order valence-corrected chi connectivity index (χ1v) is 11.3. The number of rotatable bonds is 7. The fourth-order valence-corrected chi connectivity index (χ4v) is 5.32. The number of fused-ring (bicyclic) bond motifs is 1. The van der Waals surface area contributed by atoms with Crippen LogP contribution >= 0.6 is 23.1 Å². The van der Waals surface area contributed by atoms with Crippen molar-refractivity contribution in [3.05, 3.63) is 51.9 Å². The Hall–Kier alpha value is -2.30. The van der Waals surface area contributed by atoms with E-state index < -0.39 is 0 Å². The number of carbonyl (C=O) groups excluding carboxylic acids is 2. The summed E-state index contributed by atoms with van der Waals surface area (Å²) >= 11 is 3.24. The molecule has 1 aromatic carbocycles. The molecule has 0 saturated heterocycles. The number of hydrogen-bond acceptors (Lipinski definition) is 5. The lowest BCUT2D eigenvalue weighted by atomic mass is 10.0. The molecular formula is C21H23N3O2S2. The van der Waals surface area contributed by atoms with Crippen LogP contribution in [0.3, 0.4) is 0 Å². The summed E-state index contributed by atoms with van der Waals surface area (Å²) in [4.78, 5) is 26.7. The van der Waals surface area contributed by atoms with E-state index in [0.29, 0.717) is 36.5 Å². The molecule has 0 fully saturated rings. The zero-order valence-corrected chi connectivity index (χ0v) is 17.5. The summed E-state index contributed by atoms with van der Waals surface area (Å²) in [5, 5.41) is 13.1. The second-order valence-electron chi connectivity index (χ2n) is 6.70. The van der Waals surface area contributed by atoms with Crippen LogP contribution in [-0.4, -0.2) is 29.0 Å². The van der Waals surface area contributed by atoms with Crippen LogP contribution in [0.15, 0.2) is 30.3 Å². The van der Waals surface area contributed by atoms with Crippen LogP contribution in [0.4, 0.5) is 5.00 Å².